The highest BCUT2D eigenvalue weighted by Crippen LogP contribution is 2.36. The van der Waals surface area contributed by atoms with Gasteiger partial charge in [-0.15, -0.1) is 0 Å². The van der Waals surface area contributed by atoms with Gasteiger partial charge in [-0.3, -0.25) is 13.9 Å². The first-order chi connectivity index (χ1) is 20.0. The molecule has 1 atom stereocenters. The zero-order chi connectivity index (χ0) is 30.9. The summed E-state index contributed by atoms with van der Waals surface area (Å²) in [5.74, 6) is -0.264. The molecule has 42 heavy (non-hydrogen) atoms. The van der Waals surface area contributed by atoms with Gasteiger partial charge in [0.2, 0.25) is 11.8 Å². The molecule has 0 unspecified atom stereocenters. The van der Waals surface area contributed by atoms with Crippen molar-refractivity contribution in [2.45, 2.75) is 51.1 Å². The topological polar surface area (TPSA) is 105 Å². The van der Waals surface area contributed by atoms with E-state index in [1.807, 2.05) is 20.8 Å². The number of halogens is 1. The van der Waals surface area contributed by atoms with Crippen LogP contribution in [0.1, 0.15) is 37.8 Å². The number of benzene rings is 3. The Morgan fingerprint density at radius 1 is 0.952 bits per heavy atom. The fourth-order valence-corrected chi connectivity index (χ4v) is 5.96. The number of anilines is 1. The molecule has 0 spiro atoms. The number of ether oxygens (including phenoxy) is 2. The van der Waals surface area contributed by atoms with Crippen molar-refractivity contribution in [1.29, 1.82) is 0 Å². The molecule has 0 radical (unpaired) electrons. The standard InChI is InChI=1S/C31H38ClN3O6S/c1-6-18-33-31(37)27(7-2)34(20-23-10-12-24(32)13-11-23)30(36)21-35(28-19-25(40-4)14-17-29(28)41-5)42(38,39)26-15-8-22(3)9-16-26/h8-17,19,27H,6-7,18,20-21H2,1-5H3,(H,33,37)/t27-/m1/s1. The van der Waals surface area contributed by atoms with Crippen molar-refractivity contribution in [1.82, 2.24) is 10.2 Å². The molecule has 226 valence electrons. The van der Waals surface area contributed by atoms with Crippen LogP contribution >= 0.6 is 11.6 Å². The second kappa shape index (κ2) is 14.9. The van der Waals surface area contributed by atoms with E-state index in [1.54, 1.807) is 48.5 Å². The van der Waals surface area contributed by atoms with Gasteiger partial charge < -0.3 is 19.7 Å². The van der Waals surface area contributed by atoms with E-state index >= 15 is 0 Å². The Morgan fingerprint density at radius 2 is 1.62 bits per heavy atom. The molecule has 0 saturated carbocycles. The second-order valence-corrected chi connectivity index (χ2v) is 12.0. The maximum Gasteiger partial charge on any atom is 0.264 e. The van der Waals surface area contributed by atoms with Crippen LogP contribution in [0.25, 0.3) is 0 Å². The molecule has 0 bridgehead atoms. The van der Waals surface area contributed by atoms with Crippen molar-refractivity contribution < 1.29 is 27.5 Å². The number of nitrogens with one attached hydrogen (secondary N) is 1. The predicted molar refractivity (Wildman–Crippen MR) is 165 cm³/mol. The summed E-state index contributed by atoms with van der Waals surface area (Å²) in [4.78, 5) is 28.8. The third kappa shape index (κ3) is 7.95. The van der Waals surface area contributed by atoms with Crippen LogP contribution in [-0.2, 0) is 26.2 Å². The van der Waals surface area contributed by atoms with Crippen LogP contribution in [0.5, 0.6) is 11.5 Å². The summed E-state index contributed by atoms with van der Waals surface area (Å²) >= 11 is 6.08. The number of hydrogen-bond acceptors (Lipinski definition) is 6. The zero-order valence-corrected chi connectivity index (χ0v) is 26.2. The van der Waals surface area contributed by atoms with Crippen molar-refractivity contribution in [2.24, 2.45) is 0 Å². The molecule has 0 saturated heterocycles. The minimum absolute atomic E-state index is 0.00255. The van der Waals surface area contributed by atoms with E-state index in [9.17, 15) is 18.0 Å². The average molecular weight is 616 g/mol. The Kier molecular flexibility index (Phi) is 11.6. The molecule has 0 aromatic heterocycles. The second-order valence-electron chi connectivity index (χ2n) is 9.73. The number of aryl methyl sites for hydroxylation is 1. The van der Waals surface area contributed by atoms with Gasteiger partial charge in [-0.1, -0.05) is 55.3 Å². The molecule has 2 amide bonds. The van der Waals surface area contributed by atoms with Crippen LogP contribution in [0.3, 0.4) is 0 Å². The number of carbonyl (C=O) groups is 2. The van der Waals surface area contributed by atoms with E-state index in [2.05, 4.69) is 5.32 Å². The van der Waals surface area contributed by atoms with Crippen LogP contribution in [0.4, 0.5) is 5.69 Å². The summed E-state index contributed by atoms with van der Waals surface area (Å²) in [5, 5.41) is 3.40. The molecule has 3 aromatic carbocycles. The summed E-state index contributed by atoms with van der Waals surface area (Å²) in [7, 11) is -1.39. The van der Waals surface area contributed by atoms with E-state index in [1.165, 1.54) is 37.3 Å². The molecule has 3 aromatic rings. The minimum Gasteiger partial charge on any atom is -0.497 e. The van der Waals surface area contributed by atoms with E-state index in [0.717, 1.165) is 21.9 Å². The largest absolute Gasteiger partial charge is 0.497 e. The van der Waals surface area contributed by atoms with Gasteiger partial charge in [0.15, 0.2) is 0 Å². The highest BCUT2D eigenvalue weighted by molar-refractivity contribution is 7.92. The Morgan fingerprint density at radius 3 is 2.19 bits per heavy atom. The first-order valence-electron chi connectivity index (χ1n) is 13.7. The first-order valence-corrected chi connectivity index (χ1v) is 15.5. The molecule has 0 heterocycles. The quantitative estimate of drug-likeness (QED) is 0.267. The lowest BCUT2D eigenvalue weighted by Gasteiger charge is -2.33. The molecule has 0 aliphatic rings. The van der Waals surface area contributed by atoms with E-state index < -0.39 is 28.5 Å². The van der Waals surface area contributed by atoms with Crippen LogP contribution in [0, 0.1) is 6.92 Å². The molecular formula is C31H38ClN3O6S. The molecule has 0 aliphatic carbocycles. The van der Waals surface area contributed by atoms with Crippen molar-refractivity contribution >= 4 is 39.1 Å². The minimum atomic E-state index is -4.27. The lowest BCUT2D eigenvalue weighted by molar-refractivity contribution is -0.140. The van der Waals surface area contributed by atoms with Crippen molar-refractivity contribution in [3.05, 3.63) is 82.9 Å². The highest BCUT2D eigenvalue weighted by Gasteiger charge is 2.35. The Labute approximate surface area is 253 Å². The molecule has 9 nitrogen and oxygen atoms in total. The van der Waals surface area contributed by atoms with Crippen molar-refractivity contribution in [3.8, 4) is 11.5 Å². The van der Waals surface area contributed by atoms with Gasteiger partial charge in [-0.2, -0.15) is 0 Å². The monoisotopic (exact) mass is 615 g/mol. The van der Waals surface area contributed by atoms with Gasteiger partial charge in [0.1, 0.15) is 24.1 Å². The molecule has 11 heteroatoms. The Balaban J connectivity index is 2.13. The van der Waals surface area contributed by atoms with Gasteiger partial charge in [-0.05, 0) is 61.7 Å². The molecule has 3 rings (SSSR count). The number of carbonyl (C=O) groups excluding carboxylic acids is 2. The Hall–Kier alpha value is -3.76. The number of nitrogens with zero attached hydrogens (tertiary/aromatic N) is 2. The smallest absolute Gasteiger partial charge is 0.264 e. The van der Waals surface area contributed by atoms with Gasteiger partial charge in [-0.25, -0.2) is 8.42 Å². The SMILES string of the molecule is CCCNC(=O)[C@@H](CC)N(Cc1ccc(Cl)cc1)C(=O)CN(c1cc(OC)ccc1OC)S(=O)(=O)c1ccc(C)cc1. The van der Waals surface area contributed by atoms with Gasteiger partial charge in [0.25, 0.3) is 10.0 Å². The Bertz CT molecular complexity index is 1460. The van der Waals surface area contributed by atoms with Crippen LogP contribution in [0.2, 0.25) is 5.02 Å². The first kappa shape index (κ1) is 32.8. The fraction of sp³-hybridized carbons (Fsp3) is 0.355. The number of methoxy groups -OCH3 is 2. The predicted octanol–water partition coefficient (Wildman–Crippen LogP) is 5.19. The third-order valence-corrected chi connectivity index (χ3v) is 8.77. The van der Waals surface area contributed by atoms with Crippen LogP contribution in [0.15, 0.2) is 71.6 Å². The van der Waals surface area contributed by atoms with E-state index in [4.69, 9.17) is 21.1 Å². The number of hydrogen-bond donors (Lipinski definition) is 1. The summed E-state index contributed by atoms with van der Waals surface area (Å²) in [6.45, 7) is 5.53. The van der Waals surface area contributed by atoms with Crippen molar-refractivity contribution in [3.63, 3.8) is 0 Å². The van der Waals surface area contributed by atoms with E-state index in [0.29, 0.717) is 23.7 Å². The summed E-state index contributed by atoms with van der Waals surface area (Å²) in [5.41, 5.74) is 1.75. The summed E-state index contributed by atoms with van der Waals surface area (Å²) in [6, 6.07) is 17.2. The highest BCUT2D eigenvalue weighted by atomic mass is 35.5. The lowest BCUT2D eigenvalue weighted by atomic mass is 10.1. The van der Waals surface area contributed by atoms with Gasteiger partial charge in [0.05, 0.1) is 24.8 Å². The average Bonchev–Trinajstić information content (AvgIpc) is 2.99. The number of amides is 2. The maximum atomic E-state index is 14.2. The summed E-state index contributed by atoms with van der Waals surface area (Å²) < 4.78 is 40.2. The molecule has 1 N–H and O–H groups in total. The van der Waals surface area contributed by atoms with Gasteiger partial charge in [0, 0.05) is 24.2 Å². The maximum absolute atomic E-state index is 14.2. The normalized spacial score (nSPS) is 11.9. The summed E-state index contributed by atoms with van der Waals surface area (Å²) in [6.07, 6.45) is 1.05. The van der Waals surface area contributed by atoms with Gasteiger partial charge >= 0.3 is 0 Å². The molecule has 0 aliphatic heterocycles. The lowest BCUT2D eigenvalue weighted by Crippen LogP contribution is -2.52. The van der Waals surface area contributed by atoms with Crippen molar-refractivity contribution in [2.75, 3.05) is 31.6 Å². The van der Waals surface area contributed by atoms with Crippen LogP contribution < -0.4 is 19.1 Å². The number of sulfonamides is 1. The molecule has 0 fully saturated rings. The van der Waals surface area contributed by atoms with E-state index in [-0.39, 0.29) is 28.8 Å². The third-order valence-electron chi connectivity index (χ3n) is 6.74. The molecular weight excluding hydrogens is 578 g/mol. The number of rotatable bonds is 14. The fourth-order valence-electron chi connectivity index (χ4n) is 4.41. The zero-order valence-electron chi connectivity index (χ0n) is 24.6. The van der Waals surface area contributed by atoms with Crippen LogP contribution in [-0.4, -0.2) is 58.5 Å².